The molecule has 5 heterocycles. The first-order valence-electron chi connectivity index (χ1n) is 11.0. The number of aromatic nitrogens is 3. The fourth-order valence-electron chi connectivity index (χ4n) is 4.07. The maximum atomic E-state index is 13.4. The number of fused-ring (bicyclic) bond motifs is 4. The second-order valence-electron chi connectivity index (χ2n) is 8.08. The zero-order chi connectivity index (χ0) is 23.7. The van der Waals surface area contributed by atoms with Gasteiger partial charge in [0.2, 0.25) is 5.91 Å². The van der Waals surface area contributed by atoms with E-state index in [4.69, 9.17) is 4.74 Å². The molecule has 0 unspecified atom stereocenters. The maximum absolute atomic E-state index is 13.4. The minimum absolute atomic E-state index is 0.0751. The van der Waals surface area contributed by atoms with E-state index in [1.54, 1.807) is 25.4 Å². The second-order valence-corrected chi connectivity index (χ2v) is 8.92. The van der Waals surface area contributed by atoms with Crippen molar-refractivity contribution in [2.24, 2.45) is 0 Å². The molecule has 0 saturated carbocycles. The van der Waals surface area contributed by atoms with Gasteiger partial charge in [-0.2, -0.15) is 0 Å². The van der Waals surface area contributed by atoms with E-state index in [1.165, 1.54) is 16.2 Å². The molecule has 2 aliphatic heterocycles. The van der Waals surface area contributed by atoms with Crippen LogP contribution in [0.2, 0.25) is 0 Å². The van der Waals surface area contributed by atoms with Gasteiger partial charge >= 0.3 is 0 Å². The number of nitrogens with zero attached hydrogens (tertiary/aromatic N) is 6. The molecule has 0 aromatic carbocycles. The Kier molecular flexibility index (Phi) is 6.22. The number of carbonyl (C=O) groups is 2. The van der Waals surface area contributed by atoms with Gasteiger partial charge in [-0.15, -0.1) is 11.3 Å². The molecule has 11 heteroatoms. The van der Waals surface area contributed by atoms with Crippen LogP contribution in [-0.2, 0) is 16.1 Å². The Labute approximate surface area is 200 Å². The van der Waals surface area contributed by atoms with E-state index < -0.39 is 12.1 Å². The molecule has 0 radical (unpaired) electrons. The standard InChI is InChI=1S/C23H24N6O4S/c1-15(30)27-7-9-28(10-8-27)16-4-5-18(25-11-16)22(32)29-21(31)13-33-12-19-17(3-2-6-24-19)20-14-34-23(29)26-20/h2-6,11,14,21,31H,7-10,12-13H2,1H3/t21-/m1/s1. The highest BCUT2D eigenvalue weighted by atomic mass is 32.1. The van der Waals surface area contributed by atoms with Crippen molar-refractivity contribution in [1.29, 1.82) is 0 Å². The normalized spacial score (nSPS) is 18.4. The summed E-state index contributed by atoms with van der Waals surface area (Å²) in [6.07, 6.45) is 2.11. The number of piperazine rings is 1. The summed E-state index contributed by atoms with van der Waals surface area (Å²) >= 11 is 1.27. The van der Waals surface area contributed by atoms with E-state index in [9.17, 15) is 14.7 Å². The lowest BCUT2D eigenvalue weighted by atomic mass is 10.1. The SMILES string of the molecule is CC(=O)N1CCN(c2ccc(C(=O)N3c4nc(cs4)-c4cccnc4COC[C@H]3O)nc2)CC1. The van der Waals surface area contributed by atoms with Crippen molar-refractivity contribution in [3.05, 3.63) is 53.4 Å². The van der Waals surface area contributed by atoms with E-state index in [-0.39, 0.29) is 24.8 Å². The third-order valence-electron chi connectivity index (χ3n) is 5.94. The maximum Gasteiger partial charge on any atom is 0.280 e. The van der Waals surface area contributed by atoms with Crippen LogP contribution in [0.15, 0.2) is 42.0 Å². The summed E-state index contributed by atoms with van der Waals surface area (Å²) < 4.78 is 5.66. The molecule has 1 atom stereocenters. The average molecular weight is 481 g/mol. The molecule has 2 amide bonds. The first-order chi connectivity index (χ1) is 16.5. The Morgan fingerprint density at radius 1 is 1.15 bits per heavy atom. The van der Waals surface area contributed by atoms with Gasteiger partial charge in [0, 0.05) is 50.2 Å². The topological polar surface area (TPSA) is 112 Å². The molecule has 1 N–H and O–H groups in total. The van der Waals surface area contributed by atoms with Crippen LogP contribution >= 0.6 is 11.3 Å². The summed E-state index contributed by atoms with van der Waals surface area (Å²) in [5, 5.41) is 13.0. The number of aliphatic hydroxyl groups excluding tert-OH is 1. The van der Waals surface area contributed by atoms with E-state index in [2.05, 4.69) is 19.9 Å². The predicted octanol–water partition coefficient (Wildman–Crippen LogP) is 1.76. The van der Waals surface area contributed by atoms with E-state index >= 15 is 0 Å². The van der Waals surface area contributed by atoms with Gasteiger partial charge in [-0.1, -0.05) is 0 Å². The van der Waals surface area contributed by atoms with Gasteiger partial charge in [0.25, 0.3) is 5.91 Å². The van der Waals surface area contributed by atoms with Crippen LogP contribution in [0.25, 0.3) is 11.3 Å². The van der Waals surface area contributed by atoms with Gasteiger partial charge < -0.3 is 19.6 Å². The number of thiazole rings is 1. The van der Waals surface area contributed by atoms with Crippen molar-refractivity contribution in [2.75, 3.05) is 42.6 Å². The van der Waals surface area contributed by atoms with Crippen LogP contribution in [0.5, 0.6) is 0 Å². The minimum Gasteiger partial charge on any atom is -0.371 e. The minimum atomic E-state index is -1.22. The van der Waals surface area contributed by atoms with Gasteiger partial charge in [0.1, 0.15) is 5.69 Å². The zero-order valence-corrected chi connectivity index (χ0v) is 19.4. The molecule has 0 spiro atoms. The van der Waals surface area contributed by atoms with Crippen LogP contribution in [0.3, 0.4) is 0 Å². The van der Waals surface area contributed by atoms with Gasteiger partial charge in [-0.05, 0) is 24.3 Å². The Morgan fingerprint density at radius 3 is 2.71 bits per heavy atom. The van der Waals surface area contributed by atoms with Crippen LogP contribution in [0.4, 0.5) is 10.8 Å². The monoisotopic (exact) mass is 480 g/mol. The summed E-state index contributed by atoms with van der Waals surface area (Å²) in [6.45, 7) is 4.40. The van der Waals surface area contributed by atoms with Crippen molar-refractivity contribution >= 4 is 34.0 Å². The number of carbonyl (C=O) groups excluding carboxylic acids is 2. The Morgan fingerprint density at radius 2 is 1.97 bits per heavy atom. The van der Waals surface area contributed by atoms with Crippen LogP contribution < -0.4 is 9.80 Å². The molecule has 0 aliphatic carbocycles. The van der Waals surface area contributed by atoms with Crippen molar-refractivity contribution in [2.45, 2.75) is 19.8 Å². The second kappa shape index (κ2) is 9.45. The molecule has 2 bridgehead atoms. The highest BCUT2D eigenvalue weighted by molar-refractivity contribution is 7.14. The number of ether oxygens (including phenoxy) is 1. The van der Waals surface area contributed by atoms with Crippen molar-refractivity contribution in [3.63, 3.8) is 0 Å². The van der Waals surface area contributed by atoms with E-state index in [0.717, 1.165) is 16.9 Å². The van der Waals surface area contributed by atoms with E-state index in [1.807, 2.05) is 28.5 Å². The van der Waals surface area contributed by atoms with Gasteiger partial charge in [-0.25, -0.2) is 9.97 Å². The molecular formula is C23H24N6O4S. The number of amides is 2. The van der Waals surface area contributed by atoms with Crippen LogP contribution in [-0.4, -0.2) is 75.8 Å². The molecule has 3 aromatic heterocycles. The summed E-state index contributed by atoms with van der Waals surface area (Å²) in [5.41, 5.74) is 3.31. The molecule has 3 aromatic rings. The Balaban J connectivity index is 1.37. The molecule has 176 valence electrons. The zero-order valence-electron chi connectivity index (χ0n) is 18.6. The summed E-state index contributed by atoms with van der Waals surface area (Å²) in [5.74, 6) is -0.386. The predicted molar refractivity (Wildman–Crippen MR) is 127 cm³/mol. The summed E-state index contributed by atoms with van der Waals surface area (Å²) in [6, 6.07) is 7.22. The molecule has 5 rings (SSSR count). The smallest absolute Gasteiger partial charge is 0.280 e. The number of hydrogen-bond acceptors (Lipinski definition) is 9. The summed E-state index contributed by atoms with van der Waals surface area (Å²) in [4.78, 5) is 43.4. The van der Waals surface area contributed by atoms with Gasteiger partial charge in [0.05, 0.1) is 36.5 Å². The number of anilines is 2. The average Bonchev–Trinajstić information content (AvgIpc) is 3.33. The number of pyridine rings is 2. The number of rotatable bonds is 2. The Hall–Kier alpha value is -3.41. The van der Waals surface area contributed by atoms with Crippen molar-refractivity contribution < 1.29 is 19.4 Å². The third-order valence-corrected chi connectivity index (χ3v) is 6.78. The quantitative estimate of drug-likeness (QED) is 0.591. The summed E-state index contributed by atoms with van der Waals surface area (Å²) in [7, 11) is 0. The fraction of sp³-hybridized carbons (Fsp3) is 0.348. The van der Waals surface area contributed by atoms with Crippen molar-refractivity contribution in [1.82, 2.24) is 19.9 Å². The third kappa shape index (κ3) is 4.37. The molecular weight excluding hydrogens is 456 g/mol. The first-order valence-corrected chi connectivity index (χ1v) is 11.8. The fourth-order valence-corrected chi connectivity index (χ4v) is 4.94. The van der Waals surface area contributed by atoms with Crippen molar-refractivity contribution in [3.8, 4) is 11.3 Å². The lowest BCUT2D eigenvalue weighted by molar-refractivity contribution is -0.129. The lowest BCUT2D eigenvalue weighted by Crippen LogP contribution is -2.48. The highest BCUT2D eigenvalue weighted by Crippen LogP contribution is 2.32. The molecule has 1 fully saturated rings. The van der Waals surface area contributed by atoms with Gasteiger partial charge in [0.15, 0.2) is 11.4 Å². The van der Waals surface area contributed by atoms with Gasteiger partial charge in [-0.3, -0.25) is 19.5 Å². The highest BCUT2D eigenvalue weighted by Gasteiger charge is 2.30. The molecule has 10 nitrogen and oxygen atoms in total. The molecule has 34 heavy (non-hydrogen) atoms. The van der Waals surface area contributed by atoms with E-state index in [0.29, 0.717) is 37.0 Å². The Bertz CT molecular complexity index is 1190. The number of hydrogen-bond donors (Lipinski definition) is 1. The van der Waals surface area contributed by atoms with Crippen LogP contribution in [0, 0.1) is 0 Å². The van der Waals surface area contributed by atoms with Crippen LogP contribution in [0.1, 0.15) is 23.1 Å². The molecule has 2 aliphatic rings. The largest absolute Gasteiger partial charge is 0.371 e. The number of aliphatic hydroxyl groups is 1. The molecule has 1 saturated heterocycles. The lowest BCUT2D eigenvalue weighted by Gasteiger charge is -2.35. The first kappa shape index (κ1) is 22.4.